The topological polar surface area (TPSA) is 20.2 Å². The van der Waals surface area contributed by atoms with Crippen molar-refractivity contribution in [3.8, 4) is 0 Å². The SMILES string of the molecule is CC(O)(Cc1cc(F)cc(Br)c1)c1cc(F)cc(F)c1. The number of halogens is 4. The highest BCUT2D eigenvalue weighted by molar-refractivity contribution is 9.10. The van der Waals surface area contributed by atoms with E-state index in [9.17, 15) is 18.3 Å². The van der Waals surface area contributed by atoms with E-state index in [1.165, 1.54) is 19.1 Å². The molecule has 2 rings (SSSR count). The van der Waals surface area contributed by atoms with E-state index in [4.69, 9.17) is 0 Å². The smallest absolute Gasteiger partial charge is 0.126 e. The van der Waals surface area contributed by atoms with E-state index in [1.54, 1.807) is 6.07 Å². The maximum absolute atomic E-state index is 13.3. The minimum atomic E-state index is -1.50. The Labute approximate surface area is 123 Å². The largest absolute Gasteiger partial charge is 0.385 e. The molecule has 0 fully saturated rings. The standard InChI is InChI=1S/C15H12BrF3O/c1-15(20,10-4-13(18)7-14(19)5-10)8-9-2-11(16)6-12(17)3-9/h2-7,20H,8H2,1H3. The molecule has 20 heavy (non-hydrogen) atoms. The molecule has 0 spiro atoms. The first-order chi connectivity index (χ1) is 9.26. The van der Waals surface area contributed by atoms with Crippen LogP contribution in [-0.2, 0) is 12.0 Å². The van der Waals surface area contributed by atoms with Gasteiger partial charge in [0, 0.05) is 17.0 Å². The molecule has 0 radical (unpaired) electrons. The number of benzene rings is 2. The Hall–Kier alpha value is -1.33. The number of aliphatic hydroxyl groups is 1. The van der Waals surface area contributed by atoms with E-state index in [-0.39, 0.29) is 12.0 Å². The molecule has 1 N–H and O–H groups in total. The Morgan fingerprint density at radius 3 is 2.05 bits per heavy atom. The first kappa shape index (κ1) is 15.1. The minimum Gasteiger partial charge on any atom is -0.385 e. The Morgan fingerprint density at radius 2 is 1.50 bits per heavy atom. The summed E-state index contributed by atoms with van der Waals surface area (Å²) >= 11 is 3.16. The van der Waals surface area contributed by atoms with Gasteiger partial charge >= 0.3 is 0 Å². The lowest BCUT2D eigenvalue weighted by Gasteiger charge is -2.24. The maximum Gasteiger partial charge on any atom is 0.126 e. The van der Waals surface area contributed by atoms with Gasteiger partial charge in [-0.3, -0.25) is 0 Å². The van der Waals surface area contributed by atoms with Crippen LogP contribution in [0.1, 0.15) is 18.1 Å². The highest BCUT2D eigenvalue weighted by atomic mass is 79.9. The monoisotopic (exact) mass is 344 g/mol. The fraction of sp³-hybridized carbons (Fsp3) is 0.200. The van der Waals surface area contributed by atoms with E-state index >= 15 is 0 Å². The fourth-order valence-corrected chi connectivity index (χ4v) is 2.59. The van der Waals surface area contributed by atoms with E-state index in [0.717, 1.165) is 18.2 Å². The summed E-state index contributed by atoms with van der Waals surface area (Å²) in [6.07, 6.45) is 0.0340. The Balaban J connectivity index is 2.34. The van der Waals surface area contributed by atoms with Crippen molar-refractivity contribution in [1.29, 1.82) is 0 Å². The molecule has 1 unspecified atom stereocenters. The van der Waals surface area contributed by atoms with E-state index < -0.39 is 23.1 Å². The van der Waals surface area contributed by atoms with Gasteiger partial charge in [0.25, 0.3) is 0 Å². The van der Waals surface area contributed by atoms with Crippen molar-refractivity contribution in [3.05, 3.63) is 69.4 Å². The van der Waals surface area contributed by atoms with Gasteiger partial charge in [-0.15, -0.1) is 0 Å². The van der Waals surface area contributed by atoms with Crippen LogP contribution in [0.2, 0.25) is 0 Å². The van der Waals surface area contributed by atoms with Crippen LogP contribution in [0.5, 0.6) is 0 Å². The Kier molecular flexibility index (Phi) is 4.20. The minimum absolute atomic E-state index is 0.0340. The second kappa shape index (κ2) is 5.58. The third-order valence-electron chi connectivity index (χ3n) is 2.96. The van der Waals surface area contributed by atoms with Gasteiger partial charge in [0.15, 0.2) is 0 Å². The van der Waals surface area contributed by atoms with Gasteiger partial charge in [0.05, 0.1) is 5.60 Å². The molecule has 106 valence electrons. The predicted octanol–water partition coefficient (Wildman–Crippen LogP) is 4.32. The molecule has 0 aliphatic carbocycles. The van der Waals surface area contributed by atoms with Crippen LogP contribution in [0, 0.1) is 17.5 Å². The lowest BCUT2D eigenvalue weighted by atomic mass is 9.89. The van der Waals surface area contributed by atoms with E-state index in [0.29, 0.717) is 10.0 Å². The summed E-state index contributed by atoms with van der Waals surface area (Å²) in [5.74, 6) is -1.98. The Bertz CT molecular complexity index is 601. The lowest BCUT2D eigenvalue weighted by Crippen LogP contribution is -2.24. The van der Waals surface area contributed by atoms with Crippen molar-refractivity contribution >= 4 is 15.9 Å². The summed E-state index contributed by atoms with van der Waals surface area (Å²) in [5.41, 5.74) is -0.877. The van der Waals surface area contributed by atoms with Crippen LogP contribution in [-0.4, -0.2) is 5.11 Å². The molecule has 0 saturated heterocycles. The van der Waals surface area contributed by atoms with Gasteiger partial charge in [-0.25, -0.2) is 13.2 Å². The first-order valence-corrected chi connectivity index (χ1v) is 6.69. The first-order valence-electron chi connectivity index (χ1n) is 5.90. The van der Waals surface area contributed by atoms with Crippen molar-refractivity contribution in [2.75, 3.05) is 0 Å². The van der Waals surface area contributed by atoms with Crippen LogP contribution in [0.3, 0.4) is 0 Å². The average molecular weight is 345 g/mol. The van der Waals surface area contributed by atoms with Gasteiger partial charge in [0.1, 0.15) is 17.5 Å². The molecule has 0 heterocycles. The second-order valence-electron chi connectivity index (χ2n) is 4.89. The van der Waals surface area contributed by atoms with Crippen LogP contribution in [0.25, 0.3) is 0 Å². The molecule has 2 aromatic rings. The molecule has 0 amide bonds. The van der Waals surface area contributed by atoms with Gasteiger partial charge in [0.2, 0.25) is 0 Å². The van der Waals surface area contributed by atoms with Crippen molar-refractivity contribution in [1.82, 2.24) is 0 Å². The molecule has 0 bridgehead atoms. The molecular weight excluding hydrogens is 333 g/mol. The summed E-state index contributed by atoms with van der Waals surface area (Å²) in [6, 6.07) is 7.08. The molecule has 5 heteroatoms. The number of rotatable bonds is 3. The number of hydrogen-bond donors (Lipinski definition) is 1. The van der Waals surface area contributed by atoms with Crippen molar-refractivity contribution in [2.24, 2.45) is 0 Å². The molecule has 0 aliphatic heterocycles. The van der Waals surface area contributed by atoms with Crippen LogP contribution >= 0.6 is 15.9 Å². The molecule has 2 aromatic carbocycles. The zero-order chi connectivity index (χ0) is 14.9. The molecule has 1 atom stereocenters. The summed E-state index contributed by atoms with van der Waals surface area (Å²) in [6.45, 7) is 1.43. The molecule has 0 aromatic heterocycles. The Morgan fingerprint density at radius 1 is 0.950 bits per heavy atom. The van der Waals surface area contributed by atoms with Crippen LogP contribution < -0.4 is 0 Å². The fourth-order valence-electron chi connectivity index (χ4n) is 2.08. The maximum atomic E-state index is 13.3. The van der Waals surface area contributed by atoms with Crippen molar-refractivity contribution < 1.29 is 18.3 Å². The van der Waals surface area contributed by atoms with E-state index in [1.807, 2.05) is 0 Å². The average Bonchev–Trinajstić information content (AvgIpc) is 2.25. The summed E-state index contributed by atoms with van der Waals surface area (Å²) in [5, 5.41) is 10.4. The van der Waals surface area contributed by atoms with E-state index in [2.05, 4.69) is 15.9 Å². The van der Waals surface area contributed by atoms with Crippen molar-refractivity contribution in [2.45, 2.75) is 18.9 Å². The molecule has 1 nitrogen and oxygen atoms in total. The lowest BCUT2D eigenvalue weighted by molar-refractivity contribution is 0.0568. The van der Waals surface area contributed by atoms with Gasteiger partial charge in [-0.05, 0) is 48.4 Å². The summed E-state index contributed by atoms with van der Waals surface area (Å²) in [4.78, 5) is 0. The quantitative estimate of drug-likeness (QED) is 0.879. The van der Waals surface area contributed by atoms with Gasteiger partial charge in [-0.2, -0.15) is 0 Å². The van der Waals surface area contributed by atoms with Gasteiger partial charge < -0.3 is 5.11 Å². The predicted molar refractivity (Wildman–Crippen MR) is 73.7 cm³/mol. The molecule has 0 saturated carbocycles. The zero-order valence-electron chi connectivity index (χ0n) is 10.6. The number of hydrogen-bond acceptors (Lipinski definition) is 1. The summed E-state index contributed by atoms with van der Waals surface area (Å²) < 4.78 is 40.3. The van der Waals surface area contributed by atoms with Crippen molar-refractivity contribution in [3.63, 3.8) is 0 Å². The zero-order valence-corrected chi connectivity index (χ0v) is 12.2. The normalized spacial score (nSPS) is 14.1. The highest BCUT2D eigenvalue weighted by Gasteiger charge is 2.25. The molecular formula is C15H12BrF3O. The van der Waals surface area contributed by atoms with Crippen LogP contribution in [0.15, 0.2) is 40.9 Å². The van der Waals surface area contributed by atoms with Crippen LogP contribution in [0.4, 0.5) is 13.2 Å². The van der Waals surface area contributed by atoms with Gasteiger partial charge in [-0.1, -0.05) is 15.9 Å². The molecule has 0 aliphatic rings. The summed E-state index contributed by atoms with van der Waals surface area (Å²) in [7, 11) is 0. The highest BCUT2D eigenvalue weighted by Crippen LogP contribution is 2.28. The third-order valence-corrected chi connectivity index (χ3v) is 3.41. The third kappa shape index (κ3) is 3.61. The second-order valence-corrected chi connectivity index (χ2v) is 5.80.